The van der Waals surface area contributed by atoms with Crippen LogP contribution < -0.4 is 0 Å². The first-order valence-electron chi connectivity index (χ1n) is 4.68. The van der Waals surface area contributed by atoms with Gasteiger partial charge in [-0.2, -0.15) is 0 Å². The van der Waals surface area contributed by atoms with E-state index in [4.69, 9.17) is 9.52 Å². The maximum atomic E-state index is 10.5. The Morgan fingerprint density at radius 3 is 2.62 bits per heavy atom. The van der Waals surface area contributed by atoms with Crippen LogP contribution in [0.3, 0.4) is 0 Å². The van der Waals surface area contributed by atoms with Crippen molar-refractivity contribution in [3.8, 4) is 0 Å². The number of aromatic nitrogens is 1. The molecule has 2 rings (SSSR count). The molecule has 0 unspecified atom stereocenters. The Morgan fingerprint density at radius 2 is 2.00 bits per heavy atom. The fourth-order valence-corrected chi connectivity index (χ4v) is 1.20. The van der Waals surface area contributed by atoms with Crippen molar-refractivity contribution in [1.29, 1.82) is 0 Å². The summed E-state index contributed by atoms with van der Waals surface area (Å²) in [6.45, 7) is 0. The van der Waals surface area contributed by atoms with Crippen molar-refractivity contribution in [3.05, 3.63) is 53.7 Å². The molecule has 4 heteroatoms. The predicted molar refractivity (Wildman–Crippen MR) is 58.8 cm³/mol. The van der Waals surface area contributed by atoms with Crippen LogP contribution in [0.25, 0.3) is 12.2 Å². The third kappa shape index (κ3) is 2.36. The van der Waals surface area contributed by atoms with Gasteiger partial charge < -0.3 is 9.52 Å². The van der Waals surface area contributed by atoms with Gasteiger partial charge in [-0.1, -0.05) is 30.3 Å². The third-order valence-electron chi connectivity index (χ3n) is 1.95. The second-order valence-corrected chi connectivity index (χ2v) is 3.11. The van der Waals surface area contributed by atoms with Gasteiger partial charge in [0.1, 0.15) is 0 Å². The molecule has 1 aromatic carbocycles. The lowest BCUT2D eigenvalue weighted by atomic mass is 10.2. The third-order valence-corrected chi connectivity index (χ3v) is 1.95. The van der Waals surface area contributed by atoms with Crippen LogP contribution in [0.15, 0.2) is 40.9 Å². The second-order valence-electron chi connectivity index (χ2n) is 3.11. The summed E-state index contributed by atoms with van der Waals surface area (Å²) >= 11 is 0. The quantitative estimate of drug-likeness (QED) is 0.854. The number of carbonyl (C=O) groups is 1. The van der Waals surface area contributed by atoms with E-state index in [9.17, 15) is 4.79 Å². The Labute approximate surface area is 91.9 Å². The highest BCUT2D eigenvalue weighted by molar-refractivity contribution is 5.84. The fraction of sp³-hybridized carbons (Fsp3) is 0. The lowest BCUT2D eigenvalue weighted by molar-refractivity contribution is 0.0662. The molecule has 0 saturated carbocycles. The van der Waals surface area contributed by atoms with E-state index in [1.54, 1.807) is 12.2 Å². The van der Waals surface area contributed by atoms with E-state index >= 15 is 0 Å². The molecule has 1 aromatic heterocycles. The SMILES string of the molecule is O=C(O)c1cnc(C=Cc2ccccc2)o1. The minimum Gasteiger partial charge on any atom is -0.475 e. The molecule has 0 amide bonds. The van der Waals surface area contributed by atoms with E-state index in [1.165, 1.54) is 6.20 Å². The summed E-state index contributed by atoms with van der Waals surface area (Å²) in [6.07, 6.45) is 4.62. The van der Waals surface area contributed by atoms with Crippen molar-refractivity contribution >= 4 is 18.1 Å². The van der Waals surface area contributed by atoms with Gasteiger partial charge in [0.2, 0.25) is 11.7 Å². The molecule has 0 atom stereocenters. The van der Waals surface area contributed by atoms with Crippen LogP contribution >= 0.6 is 0 Å². The van der Waals surface area contributed by atoms with Gasteiger partial charge in [0.25, 0.3) is 0 Å². The van der Waals surface area contributed by atoms with Gasteiger partial charge in [-0.05, 0) is 11.6 Å². The molecule has 2 aromatic rings. The van der Waals surface area contributed by atoms with E-state index in [0.717, 1.165) is 5.56 Å². The van der Waals surface area contributed by atoms with Gasteiger partial charge in [0, 0.05) is 6.08 Å². The molecule has 0 radical (unpaired) electrons. The van der Waals surface area contributed by atoms with Crippen LogP contribution in [-0.2, 0) is 0 Å². The smallest absolute Gasteiger partial charge is 0.373 e. The molecule has 0 bridgehead atoms. The van der Waals surface area contributed by atoms with Gasteiger partial charge in [0.05, 0.1) is 6.20 Å². The minimum absolute atomic E-state index is 0.160. The van der Waals surface area contributed by atoms with Crippen LogP contribution in [0.1, 0.15) is 22.0 Å². The number of benzene rings is 1. The number of nitrogens with zero attached hydrogens (tertiary/aromatic N) is 1. The highest BCUT2D eigenvalue weighted by Crippen LogP contribution is 2.08. The summed E-state index contributed by atoms with van der Waals surface area (Å²) in [7, 11) is 0. The molecule has 0 aliphatic rings. The van der Waals surface area contributed by atoms with Crippen molar-refractivity contribution < 1.29 is 14.3 Å². The van der Waals surface area contributed by atoms with Crippen molar-refractivity contribution in [2.75, 3.05) is 0 Å². The molecule has 80 valence electrons. The maximum Gasteiger partial charge on any atom is 0.373 e. The standard InChI is InChI=1S/C12H9NO3/c14-12(15)10-8-13-11(16-10)7-6-9-4-2-1-3-5-9/h1-8H,(H,14,15). The van der Waals surface area contributed by atoms with Gasteiger partial charge in [-0.15, -0.1) is 0 Å². The number of rotatable bonds is 3. The number of carboxylic acids is 1. The number of hydrogen-bond acceptors (Lipinski definition) is 3. The lowest BCUT2D eigenvalue weighted by Gasteiger charge is -1.89. The van der Waals surface area contributed by atoms with Crippen LogP contribution in [0, 0.1) is 0 Å². The van der Waals surface area contributed by atoms with Gasteiger partial charge in [-0.3, -0.25) is 0 Å². The van der Waals surface area contributed by atoms with Crippen molar-refractivity contribution in [1.82, 2.24) is 4.98 Å². The normalized spacial score (nSPS) is 10.8. The average Bonchev–Trinajstić information content (AvgIpc) is 2.76. The Balaban J connectivity index is 2.15. The van der Waals surface area contributed by atoms with Gasteiger partial charge >= 0.3 is 5.97 Å². The minimum atomic E-state index is -1.12. The summed E-state index contributed by atoms with van der Waals surface area (Å²) in [5, 5.41) is 8.63. The first-order chi connectivity index (χ1) is 7.75. The van der Waals surface area contributed by atoms with Crippen molar-refractivity contribution in [2.45, 2.75) is 0 Å². The van der Waals surface area contributed by atoms with Crippen LogP contribution in [0.2, 0.25) is 0 Å². The van der Waals surface area contributed by atoms with E-state index in [2.05, 4.69) is 4.98 Å². The first kappa shape index (κ1) is 10.2. The fourth-order valence-electron chi connectivity index (χ4n) is 1.20. The van der Waals surface area contributed by atoms with Crippen LogP contribution in [0.4, 0.5) is 0 Å². The van der Waals surface area contributed by atoms with E-state index in [0.29, 0.717) is 0 Å². The lowest BCUT2D eigenvalue weighted by Crippen LogP contribution is -1.91. The molecule has 1 heterocycles. The van der Waals surface area contributed by atoms with Crippen LogP contribution in [0.5, 0.6) is 0 Å². The molecular formula is C12H9NO3. The predicted octanol–water partition coefficient (Wildman–Crippen LogP) is 2.54. The first-order valence-corrected chi connectivity index (χ1v) is 4.68. The summed E-state index contributed by atoms with van der Waals surface area (Å²) < 4.78 is 4.97. The van der Waals surface area contributed by atoms with Crippen molar-refractivity contribution in [3.63, 3.8) is 0 Å². The Bertz CT molecular complexity index is 514. The molecule has 16 heavy (non-hydrogen) atoms. The second kappa shape index (κ2) is 4.44. The zero-order valence-corrected chi connectivity index (χ0v) is 8.33. The molecule has 1 N–H and O–H groups in total. The summed E-state index contributed by atoms with van der Waals surface area (Å²) in [4.78, 5) is 14.3. The molecular weight excluding hydrogens is 206 g/mol. The molecule has 0 spiro atoms. The summed E-state index contributed by atoms with van der Waals surface area (Å²) in [5.74, 6) is -0.999. The Morgan fingerprint density at radius 1 is 1.25 bits per heavy atom. The van der Waals surface area contributed by atoms with Gasteiger partial charge in [-0.25, -0.2) is 9.78 Å². The highest BCUT2D eigenvalue weighted by Gasteiger charge is 2.07. The number of carboxylic acid groups (broad SMARTS) is 1. The molecule has 0 saturated heterocycles. The number of oxazole rings is 1. The zero-order chi connectivity index (χ0) is 11.4. The molecule has 0 fully saturated rings. The topological polar surface area (TPSA) is 63.3 Å². The molecule has 4 nitrogen and oxygen atoms in total. The summed E-state index contributed by atoms with van der Waals surface area (Å²) in [5.41, 5.74) is 0.998. The number of aromatic carboxylic acids is 1. The zero-order valence-electron chi connectivity index (χ0n) is 8.33. The molecule has 0 aliphatic carbocycles. The molecule has 0 aliphatic heterocycles. The maximum absolute atomic E-state index is 10.5. The van der Waals surface area contributed by atoms with Gasteiger partial charge in [0.15, 0.2) is 0 Å². The largest absolute Gasteiger partial charge is 0.475 e. The Hall–Kier alpha value is -2.36. The highest BCUT2D eigenvalue weighted by atomic mass is 16.4. The van der Waals surface area contributed by atoms with E-state index < -0.39 is 5.97 Å². The van der Waals surface area contributed by atoms with Crippen LogP contribution in [-0.4, -0.2) is 16.1 Å². The average molecular weight is 215 g/mol. The Kier molecular flexibility index (Phi) is 2.82. The number of hydrogen-bond donors (Lipinski definition) is 1. The van der Waals surface area contributed by atoms with E-state index in [-0.39, 0.29) is 11.7 Å². The summed E-state index contributed by atoms with van der Waals surface area (Å²) in [6, 6.07) is 9.61. The monoisotopic (exact) mass is 215 g/mol. The van der Waals surface area contributed by atoms with E-state index in [1.807, 2.05) is 30.3 Å². The van der Waals surface area contributed by atoms with Crippen molar-refractivity contribution in [2.24, 2.45) is 0 Å².